The maximum absolute atomic E-state index is 14.6. The second-order valence-corrected chi connectivity index (χ2v) is 19.7. The number of aliphatic carboxylic acids is 1. The van der Waals surface area contributed by atoms with Crippen LogP contribution in [0, 0.1) is 50.2 Å². The van der Waals surface area contributed by atoms with Crippen molar-refractivity contribution in [1.82, 2.24) is 4.90 Å². The molecule has 9 heteroatoms. The number of nitrogens with zero attached hydrogens (tertiary/aromatic N) is 2. The molecule has 6 aliphatic rings. The zero-order valence-corrected chi connectivity index (χ0v) is 33.6. The van der Waals surface area contributed by atoms with Crippen molar-refractivity contribution >= 4 is 53.1 Å². The van der Waals surface area contributed by atoms with Gasteiger partial charge in [-0.25, -0.2) is 9.59 Å². The average Bonchev–Trinajstić information content (AvgIpc) is 3.12. The molecule has 0 radical (unpaired) electrons. The average molecular weight is 753 g/mol. The molecule has 0 bridgehead atoms. The van der Waals surface area contributed by atoms with Gasteiger partial charge >= 0.3 is 41.5 Å². The molecular weight excluding hydrogens is 687 g/mol. The van der Waals surface area contributed by atoms with E-state index in [1.807, 2.05) is 12.1 Å². The van der Waals surface area contributed by atoms with Crippen LogP contribution in [-0.4, -0.2) is 96.8 Å². The van der Waals surface area contributed by atoms with E-state index in [2.05, 4.69) is 76.5 Å². The number of para-hydroxylation sites is 2. The van der Waals surface area contributed by atoms with E-state index in [1.165, 1.54) is 12.8 Å². The number of methoxy groups -OCH3 is 1. The van der Waals surface area contributed by atoms with E-state index >= 15 is 0 Å². The van der Waals surface area contributed by atoms with Crippen molar-refractivity contribution < 1.29 is 29.0 Å². The van der Waals surface area contributed by atoms with E-state index in [4.69, 9.17) is 14.6 Å². The number of fused-ring (bicyclic) bond motifs is 7. The molecule has 292 valence electrons. The van der Waals surface area contributed by atoms with Crippen LogP contribution in [0.3, 0.4) is 0 Å². The molecule has 4 saturated carbocycles. The molecule has 1 aromatic rings. The van der Waals surface area contributed by atoms with Crippen molar-refractivity contribution in [1.29, 1.82) is 0 Å². The van der Waals surface area contributed by atoms with E-state index in [1.54, 1.807) is 12.7 Å². The van der Waals surface area contributed by atoms with E-state index in [0.717, 1.165) is 101 Å². The van der Waals surface area contributed by atoms with E-state index in [0.29, 0.717) is 23.7 Å². The van der Waals surface area contributed by atoms with Gasteiger partial charge in [0.25, 0.3) is 0 Å². The molecule has 1 N–H and O–H groups in total. The number of carbonyl (C=O) groups is 3. The Bertz CT molecular complexity index is 1700. The van der Waals surface area contributed by atoms with Crippen LogP contribution in [0.2, 0.25) is 0 Å². The number of carboxylic acids is 1. The zero-order chi connectivity index (χ0) is 38.2. The fourth-order valence-electron chi connectivity index (χ4n) is 13.5. The van der Waals surface area contributed by atoms with Crippen molar-refractivity contribution in [3.8, 4) is 5.75 Å². The first-order valence-corrected chi connectivity index (χ1v) is 20.4. The van der Waals surface area contributed by atoms with Gasteiger partial charge in [-0.3, -0.25) is 4.79 Å². The quantitative estimate of drug-likeness (QED) is 0.136. The summed E-state index contributed by atoms with van der Waals surface area (Å²) < 4.78 is 11.6. The minimum absolute atomic E-state index is 0. The van der Waals surface area contributed by atoms with Crippen LogP contribution >= 0.6 is 0 Å². The number of carbonyl (C=O) groups excluding carboxylic acids is 2. The molecular formula is C45H65N2NaO6. The van der Waals surface area contributed by atoms with Crippen LogP contribution in [0.1, 0.15) is 113 Å². The number of anilines is 1. The summed E-state index contributed by atoms with van der Waals surface area (Å²) in [6, 6.07) is 8.18. The monoisotopic (exact) mass is 752 g/mol. The molecule has 9 atom stereocenters. The van der Waals surface area contributed by atoms with Gasteiger partial charge in [0.15, 0.2) is 0 Å². The number of piperazine rings is 1. The Morgan fingerprint density at radius 1 is 0.833 bits per heavy atom. The fraction of sp³-hybridized carbons (Fsp3) is 0.711. The van der Waals surface area contributed by atoms with E-state index in [-0.39, 0.29) is 68.2 Å². The predicted molar refractivity (Wildman–Crippen MR) is 215 cm³/mol. The summed E-state index contributed by atoms with van der Waals surface area (Å²) in [7, 11) is 1.72. The molecule has 8 nitrogen and oxygen atoms in total. The number of hydrogen-bond acceptors (Lipinski definition) is 6. The zero-order valence-electron chi connectivity index (χ0n) is 33.6. The first-order chi connectivity index (χ1) is 24.9. The first kappa shape index (κ1) is 41.3. The van der Waals surface area contributed by atoms with Crippen molar-refractivity contribution in [2.24, 2.45) is 50.2 Å². The predicted octanol–water partition coefficient (Wildman–Crippen LogP) is 8.05. The van der Waals surface area contributed by atoms with Crippen molar-refractivity contribution in [3.05, 3.63) is 48.1 Å². The number of ether oxygens (including phenoxy) is 2. The SMILES string of the molecule is COc1ccccc1N1CCN(C(=O)[C@@]2(C)CC[C@]3(C)CC[C@]4(C)C(=CC[C@@H]5[C@@]6(C)CC[C@H](OC(=O)/C=C/C(=O)O)C(C)(C)[C@@H]6CC[C@]54C)[C@@H]3C2)CC1.[NaH]. The molecule has 0 unspecified atom stereocenters. The summed E-state index contributed by atoms with van der Waals surface area (Å²) in [6.45, 7) is 20.2. The third kappa shape index (κ3) is 6.50. The summed E-state index contributed by atoms with van der Waals surface area (Å²) in [5.74, 6) is 0.848. The van der Waals surface area contributed by atoms with Crippen LogP contribution in [0.5, 0.6) is 5.75 Å². The summed E-state index contributed by atoms with van der Waals surface area (Å²) in [6.07, 6.45) is 14.9. The topological polar surface area (TPSA) is 96.4 Å². The molecule has 5 fully saturated rings. The van der Waals surface area contributed by atoms with Gasteiger partial charge in [0, 0.05) is 49.2 Å². The number of amides is 1. The number of benzene rings is 1. The third-order valence-electron chi connectivity index (χ3n) is 16.9. The second kappa shape index (κ2) is 14.6. The normalized spacial score (nSPS) is 39.8. The van der Waals surface area contributed by atoms with Crippen molar-refractivity contribution in [2.75, 3.05) is 38.2 Å². The minimum atomic E-state index is -1.14. The molecule has 1 aromatic carbocycles. The molecule has 5 aliphatic carbocycles. The molecule has 1 saturated heterocycles. The number of allylic oxidation sites excluding steroid dienone is 2. The van der Waals surface area contributed by atoms with Crippen LogP contribution in [0.4, 0.5) is 5.69 Å². The standard InChI is InChI=1S/C45H64N2O6.Na.H/c1-40(2)34-17-20-45(7)35(43(34,5)19-18-36(40)53-38(50)16-15-37(48)49)14-13-30-31-29-42(4,22-21-41(31,3)23-24-44(30,45)6)39(51)47-27-25-46(26-28-47)32-11-9-10-12-33(32)52-8;;/h9-13,15-16,31,34-36H,14,17-29H2,1-8H3,(H,48,49);;/b16-15+;;/t31-,34-,35+,36-,41+,42-,43-,44+,45+;;/m0../s1. The van der Waals surface area contributed by atoms with Crippen LogP contribution in [0.15, 0.2) is 48.1 Å². The van der Waals surface area contributed by atoms with E-state index < -0.39 is 11.9 Å². The molecule has 54 heavy (non-hydrogen) atoms. The molecule has 0 aromatic heterocycles. The Balaban J connectivity index is 0.00000497. The van der Waals surface area contributed by atoms with Gasteiger partial charge in [-0.1, -0.05) is 72.2 Å². The fourth-order valence-corrected chi connectivity index (χ4v) is 13.5. The Hall–Kier alpha value is -2.29. The number of rotatable bonds is 6. The Morgan fingerprint density at radius 2 is 1.52 bits per heavy atom. The molecule has 7 rings (SSSR count). The Labute approximate surface area is 346 Å². The van der Waals surface area contributed by atoms with Gasteiger partial charge < -0.3 is 24.4 Å². The summed E-state index contributed by atoms with van der Waals surface area (Å²) in [5.41, 5.74) is 2.71. The van der Waals surface area contributed by atoms with Crippen molar-refractivity contribution in [3.63, 3.8) is 0 Å². The van der Waals surface area contributed by atoms with Crippen LogP contribution in [0.25, 0.3) is 0 Å². The molecule has 1 heterocycles. The maximum atomic E-state index is 14.6. The number of esters is 1. The van der Waals surface area contributed by atoms with Gasteiger partial charge in [-0.2, -0.15) is 0 Å². The summed E-state index contributed by atoms with van der Waals surface area (Å²) in [4.78, 5) is 42.7. The van der Waals surface area contributed by atoms with Gasteiger partial charge in [0.2, 0.25) is 5.91 Å². The molecule has 1 aliphatic heterocycles. The molecule has 1 amide bonds. The number of carboxylic acid groups (broad SMARTS) is 1. The second-order valence-electron chi connectivity index (χ2n) is 19.7. The molecule has 0 spiro atoms. The number of hydrogen-bond donors (Lipinski definition) is 1. The Morgan fingerprint density at radius 3 is 2.20 bits per heavy atom. The summed E-state index contributed by atoms with van der Waals surface area (Å²) in [5, 5.41) is 9.01. The van der Waals surface area contributed by atoms with Gasteiger partial charge in [-0.05, 0) is 116 Å². The van der Waals surface area contributed by atoms with Gasteiger partial charge in [0.1, 0.15) is 11.9 Å². The third-order valence-corrected chi connectivity index (χ3v) is 16.9. The van der Waals surface area contributed by atoms with Crippen molar-refractivity contribution in [2.45, 2.75) is 119 Å². The van der Waals surface area contributed by atoms with Crippen LogP contribution < -0.4 is 9.64 Å². The van der Waals surface area contributed by atoms with Gasteiger partial charge in [0.05, 0.1) is 12.8 Å². The Kier molecular flexibility index (Phi) is 11.2. The summed E-state index contributed by atoms with van der Waals surface area (Å²) >= 11 is 0. The van der Waals surface area contributed by atoms with E-state index in [9.17, 15) is 14.4 Å². The first-order valence-electron chi connectivity index (χ1n) is 20.4. The van der Waals surface area contributed by atoms with Gasteiger partial charge in [-0.15, -0.1) is 0 Å². The van der Waals surface area contributed by atoms with Crippen LogP contribution in [-0.2, 0) is 19.1 Å².